The highest BCUT2D eigenvalue weighted by atomic mass is 32.1. The van der Waals surface area contributed by atoms with Crippen molar-refractivity contribution >= 4 is 28.3 Å². The van der Waals surface area contributed by atoms with Crippen LogP contribution in [0.2, 0.25) is 0 Å². The van der Waals surface area contributed by atoms with Gasteiger partial charge in [0.2, 0.25) is 11.8 Å². The second kappa shape index (κ2) is 7.85. The molecule has 0 saturated heterocycles. The van der Waals surface area contributed by atoms with E-state index in [1.807, 2.05) is 13.8 Å². The average molecular weight is 284 g/mol. The third-order valence-corrected chi connectivity index (χ3v) is 3.05. The molecule has 1 rings (SSSR count). The molecule has 0 aliphatic carbocycles. The Labute approximate surface area is 117 Å². The first-order valence-electron chi connectivity index (χ1n) is 6.17. The normalized spacial score (nSPS) is 12.2. The molecular weight excluding hydrogens is 264 g/mol. The molecule has 19 heavy (non-hydrogen) atoms. The molecule has 1 aromatic heterocycles. The van der Waals surface area contributed by atoms with Crippen molar-refractivity contribution in [1.29, 1.82) is 0 Å². The topological polar surface area (TPSA) is 83.1 Å². The van der Waals surface area contributed by atoms with Gasteiger partial charge in [0.15, 0.2) is 5.13 Å². The fourth-order valence-electron chi connectivity index (χ4n) is 1.59. The maximum Gasteiger partial charge on any atom is 0.248 e. The van der Waals surface area contributed by atoms with E-state index in [1.54, 1.807) is 18.6 Å². The van der Waals surface area contributed by atoms with E-state index < -0.39 is 6.04 Å². The molecule has 7 heteroatoms. The van der Waals surface area contributed by atoms with Gasteiger partial charge in [-0.25, -0.2) is 4.98 Å². The summed E-state index contributed by atoms with van der Waals surface area (Å²) >= 11 is 1.35. The van der Waals surface area contributed by atoms with Crippen molar-refractivity contribution in [2.45, 2.75) is 26.3 Å². The lowest BCUT2D eigenvalue weighted by Gasteiger charge is -2.19. The zero-order valence-corrected chi connectivity index (χ0v) is 12.2. The van der Waals surface area contributed by atoms with E-state index >= 15 is 0 Å². The van der Waals surface area contributed by atoms with Crippen LogP contribution in [0.4, 0.5) is 5.13 Å². The first kappa shape index (κ1) is 15.6. The summed E-state index contributed by atoms with van der Waals surface area (Å²) in [4.78, 5) is 27.7. The highest BCUT2D eigenvalue weighted by Gasteiger charge is 2.22. The van der Waals surface area contributed by atoms with Crippen molar-refractivity contribution in [3.05, 3.63) is 11.6 Å². The van der Waals surface area contributed by atoms with Gasteiger partial charge in [-0.1, -0.05) is 13.8 Å². The molecule has 0 saturated carbocycles. The predicted octanol–water partition coefficient (Wildman–Crippen LogP) is 0.832. The number of carbonyl (C=O) groups excluding carboxylic acids is 2. The zero-order valence-electron chi connectivity index (χ0n) is 11.4. The van der Waals surface area contributed by atoms with Crippen molar-refractivity contribution in [3.63, 3.8) is 0 Å². The van der Waals surface area contributed by atoms with Crippen LogP contribution in [0.1, 0.15) is 20.3 Å². The molecule has 0 aliphatic heterocycles. The summed E-state index contributed by atoms with van der Waals surface area (Å²) in [5.41, 5.74) is 0. The molecule has 106 valence electrons. The molecule has 0 radical (unpaired) electrons. The van der Waals surface area contributed by atoms with Crippen LogP contribution in [0, 0.1) is 5.92 Å². The number of rotatable bonds is 7. The van der Waals surface area contributed by atoms with Gasteiger partial charge in [0.25, 0.3) is 0 Å². The maximum absolute atomic E-state index is 12.1. The van der Waals surface area contributed by atoms with Crippen LogP contribution in [0.5, 0.6) is 0 Å². The highest BCUT2D eigenvalue weighted by Crippen LogP contribution is 2.12. The van der Waals surface area contributed by atoms with Crippen LogP contribution < -0.4 is 16.0 Å². The van der Waals surface area contributed by atoms with Gasteiger partial charge >= 0.3 is 0 Å². The van der Waals surface area contributed by atoms with E-state index in [9.17, 15) is 9.59 Å². The third-order valence-electron chi connectivity index (χ3n) is 2.36. The molecule has 1 aromatic rings. The van der Waals surface area contributed by atoms with E-state index in [4.69, 9.17) is 0 Å². The van der Waals surface area contributed by atoms with Gasteiger partial charge in [0.1, 0.15) is 6.04 Å². The summed E-state index contributed by atoms with van der Waals surface area (Å²) in [6, 6.07) is -0.537. The molecule has 1 atom stereocenters. The summed E-state index contributed by atoms with van der Waals surface area (Å²) in [5, 5.41) is 10.5. The van der Waals surface area contributed by atoms with Crippen LogP contribution >= 0.6 is 11.3 Å². The van der Waals surface area contributed by atoms with E-state index in [1.165, 1.54) is 11.3 Å². The molecule has 1 heterocycles. The number of likely N-dealkylation sites (N-methyl/N-ethyl adjacent to an activating group) is 1. The standard InChI is InChI=1S/C12H20N4O2S/c1-8(2)6-9(15-10(17)7-13-3)11(18)16-12-14-4-5-19-12/h4-5,8-9,13H,6-7H2,1-3H3,(H,15,17)(H,14,16,18). The lowest BCUT2D eigenvalue weighted by molar-refractivity contribution is -0.126. The SMILES string of the molecule is CNCC(=O)NC(CC(C)C)C(=O)Nc1nccs1. The van der Waals surface area contributed by atoms with Crippen molar-refractivity contribution in [2.24, 2.45) is 5.92 Å². The minimum atomic E-state index is -0.537. The van der Waals surface area contributed by atoms with E-state index in [-0.39, 0.29) is 18.4 Å². The Kier molecular flexibility index (Phi) is 6.44. The van der Waals surface area contributed by atoms with Crippen molar-refractivity contribution in [2.75, 3.05) is 18.9 Å². The Hall–Kier alpha value is -1.47. The molecular formula is C12H20N4O2S. The molecule has 0 aliphatic rings. The van der Waals surface area contributed by atoms with Gasteiger partial charge in [-0.15, -0.1) is 11.3 Å². The van der Waals surface area contributed by atoms with Gasteiger partial charge in [-0.3, -0.25) is 9.59 Å². The second-order valence-corrected chi connectivity index (χ2v) is 5.50. The number of thiazole rings is 1. The van der Waals surface area contributed by atoms with Crippen LogP contribution in [-0.2, 0) is 9.59 Å². The van der Waals surface area contributed by atoms with Gasteiger partial charge in [-0.05, 0) is 19.4 Å². The van der Waals surface area contributed by atoms with Crippen molar-refractivity contribution in [1.82, 2.24) is 15.6 Å². The Morgan fingerprint density at radius 3 is 2.68 bits per heavy atom. The number of nitrogens with one attached hydrogen (secondary N) is 3. The van der Waals surface area contributed by atoms with Crippen LogP contribution in [-0.4, -0.2) is 36.4 Å². The fourth-order valence-corrected chi connectivity index (χ4v) is 2.12. The molecule has 0 spiro atoms. The molecule has 1 unspecified atom stereocenters. The Bertz CT molecular complexity index is 406. The predicted molar refractivity (Wildman–Crippen MR) is 76.1 cm³/mol. The first-order valence-corrected chi connectivity index (χ1v) is 7.05. The number of carbonyl (C=O) groups is 2. The number of amides is 2. The maximum atomic E-state index is 12.1. The van der Waals surface area contributed by atoms with Gasteiger partial charge in [-0.2, -0.15) is 0 Å². The molecule has 0 aromatic carbocycles. The van der Waals surface area contributed by atoms with Crippen LogP contribution in [0.3, 0.4) is 0 Å². The Balaban J connectivity index is 2.61. The Morgan fingerprint density at radius 1 is 1.42 bits per heavy atom. The molecule has 6 nitrogen and oxygen atoms in total. The monoisotopic (exact) mass is 284 g/mol. The van der Waals surface area contributed by atoms with E-state index in [0.29, 0.717) is 17.5 Å². The Morgan fingerprint density at radius 2 is 2.16 bits per heavy atom. The summed E-state index contributed by atoms with van der Waals surface area (Å²) in [7, 11) is 1.69. The largest absolute Gasteiger partial charge is 0.343 e. The summed E-state index contributed by atoms with van der Waals surface area (Å²) in [6.07, 6.45) is 2.21. The molecule has 0 fully saturated rings. The average Bonchev–Trinajstić information content (AvgIpc) is 2.80. The molecule has 2 amide bonds. The van der Waals surface area contributed by atoms with Crippen molar-refractivity contribution < 1.29 is 9.59 Å². The van der Waals surface area contributed by atoms with Gasteiger partial charge < -0.3 is 16.0 Å². The highest BCUT2D eigenvalue weighted by molar-refractivity contribution is 7.13. The molecule has 3 N–H and O–H groups in total. The number of hydrogen-bond acceptors (Lipinski definition) is 5. The van der Waals surface area contributed by atoms with E-state index in [2.05, 4.69) is 20.9 Å². The van der Waals surface area contributed by atoms with E-state index in [0.717, 1.165) is 0 Å². The van der Waals surface area contributed by atoms with Gasteiger partial charge in [0.05, 0.1) is 6.54 Å². The second-order valence-electron chi connectivity index (χ2n) is 4.61. The quantitative estimate of drug-likeness (QED) is 0.692. The lowest BCUT2D eigenvalue weighted by Crippen LogP contribution is -2.47. The summed E-state index contributed by atoms with van der Waals surface area (Å²) in [6.45, 7) is 4.21. The number of anilines is 1. The van der Waals surface area contributed by atoms with Crippen LogP contribution in [0.15, 0.2) is 11.6 Å². The molecule has 0 bridgehead atoms. The summed E-state index contributed by atoms with van der Waals surface area (Å²) in [5.74, 6) is -0.113. The smallest absolute Gasteiger partial charge is 0.248 e. The minimum absolute atomic E-state index is 0.192. The third kappa shape index (κ3) is 5.80. The number of hydrogen-bond donors (Lipinski definition) is 3. The number of aromatic nitrogens is 1. The first-order chi connectivity index (χ1) is 9.02. The zero-order chi connectivity index (χ0) is 14.3. The van der Waals surface area contributed by atoms with Crippen LogP contribution in [0.25, 0.3) is 0 Å². The van der Waals surface area contributed by atoms with Crippen molar-refractivity contribution in [3.8, 4) is 0 Å². The minimum Gasteiger partial charge on any atom is -0.343 e. The van der Waals surface area contributed by atoms with Gasteiger partial charge in [0, 0.05) is 11.6 Å². The lowest BCUT2D eigenvalue weighted by atomic mass is 10.0. The summed E-state index contributed by atoms with van der Waals surface area (Å²) < 4.78 is 0. The fraction of sp³-hybridized carbons (Fsp3) is 0.583. The number of nitrogens with zero attached hydrogens (tertiary/aromatic N) is 1.